The van der Waals surface area contributed by atoms with Gasteiger partial charge >= 0.3 is 5.97 Å². The molecule has 210 valence electrons. The van der Waals surface area contributed by atoms with Crippen LogP contribution in [0.2, 0.25) is 0 Å². The third-order valence-corrected chi connectivity index (χ3v) is 9.65. The molecule has 0 aromatic heterocycles. The molecule has 0 saturated heterocycles. The zero-order valence-corrected chi connectivity index (χ0v) is 24.1. The summed E-state index contributed by atoms with van der Waals surface area (Å²) >= 11 is 0. The van der Waals surface area contributed by atoms with Crippen molar-refractivity contribution < 1.29 is 19.4 Å². The SMILES string of the molecule is CC1(C)CCC[C@H]1c1cc(COc2cccc([C@H](CC(=O)O)C3(C)CC3)c2)ccc1-c1cccc(OC2CC2)c1. The summed E-state index contributed by atoms with van der Waals surface area (Å²) in [6.07, 6.45) is 8.72. The lowest BCUT2D eigenvalue weighted by Gasteiger charge is -2.30. The Morgan fingerprint density at radius 3 is 2.40 bits per heavy atom. The van der Waals surface area contributed by atoms with Crippen LogP contribution in [0.15, 0.2) is 66.7 Å². The van der Waals surface area contributed by atoms with Gasteiger partial charge in [0.1, 0.15) is 18.1 Å². The smallest absolute Gasteiger partial charge is 0.303 e. The minimum atomic E-state index is -0.739. The number of ether oxygens (including phenoxy) is 2. The lowest BCUT2D eigenvalue weighted by atomic mass is 9.75. The Kier molecular flexibility index (Phi) is 7.14. The molecule has 2 atom stereocenters. The minimum absolute atomic E-state index is 0.0173. The van der Waals surface area contributed by atoms with Crippen molar-refractivity contribution in [1.82, 2.24) is 0 Å². The first kappa shape index (κ1) is 26.9. The molecule has 0 unspecified atom stereocenters. The van der Waals surface area contributed by atoms with E-state index < -0.39 is 5.97 Å². The Labute approximate surface area is 238 Å². The van der Waals surface area contributed by atoms with Crippen molar-refractivity contribution in [3.05, 3.63) is 83.4 Å². The highest BCUT2D eigenvalue weighted by Gasteiger charge is 2.46. The zero-order valence-electron chi connectivity index (χ0n) is 24.1. The van der Waals surface area contributed by atoms with Gasteiger partial charge in [0.25, 0.3) is 0 Å². The van der Waals surface area contributed by atoms with Gasteiger partial charge in [-0.15, -0.1) is 0 Å². The number of carbonyl (C=O) groups is 1. The molecule has 0 amide bonds. The molecule has 1 N–H and O–H groups in total. The van der Waals surface area contributed by atoms with Gasteiger partial charge in [-0.2, -0.15) is 0 Å². The van der Waals surface area contributed by atoms with E-state index >= 15 is 0 Å². The van der Waals surface area contributed by atoms with E-state index in [2.05, 4.69) is 75.4 Å². The third-order valence-electron chi connectivity index (χ3n) is 9.65. The van der Waals surface area contributed by atoms with Crippen LogP contribution in [0.1, 0.15) is 101 Å². The second kappa shape index (κ2) is 10.6. The Morgan fingerprint density at radius 2 is 1.70 bits per heavy atom. The molecule has 3 aromatic carbocycles. The molecular weight excluding hydrogens is 496 g/mol. The summed E-state index contributed by atoms with van der Waals surface area (Å²) in [6, 6.07) is 23.5. The van der Waals surface area contributed by atoms with Crippen LogP contribution in [0.3, 0.4) is 0 Å². The predicted octanol–water partition coefficient (Wildman–Crippen LogP) is 9.13. The summed E-state index contributed by atoms with van der Waals surface area (Å²) in [4.78, 5) is 11.6. The van der Waals surface area contributed by atoms with E-state index in [0.717, 1.165) is 48.3 Å². The topological polar surface area (TPSA) is 55.8 Å². The van der Waals surface area contributed by atoms with Crippen LogP contribution in [0.4, 0.5) is 0 Å². The van der Waals surface area contributed by atoms with E-state index in [1.807, 2.05) is 12.1 Å². The minimum Gasteiger partial charge on any atom is -0.490 e. The molecule has 40 heavy (non-hydrogen) atoms. The molecule has 0 heterocycles. The Hall–Kier alpha value is -3.27. The molecule has 0 spiro atoms. The van der Waals surface area contributed by atoms with Crippen molar-refractivity contribution in [2.75, 3.05) is 0 Å². The van der Waals surface area contributed by atoms with Gasteiger partial charge in [0.15, 0.2) is 0 Å². The fraction of sp³-hybridized carbons (Fsp3) is 0.472. The van der Waals surface area contributed by atoms with Crippen LogP contribution in [0.25, 0.3) is 11.1 Å². The van der Waals surface area contributed by atoms with Crippen molar-refractivity contribution in [3.8, 4) is 22.6 Å². The summed E-state index contributed by atoms with van der Waals surface area (Å²) in [5.74, 6) is 1.54. The number of benzene rings is 3. The Balaban J connectivity index is 1.26. The number of hydrogen-bond acceptors (Lipinski definition) is 3. The van der Waals surface area contributed by atoms with Gasteiger partial charge in [-0.05, 0) is 113 Å². The molecule has 6 rings (SSSR count). The molecule has 0 aliphatic heterocycles. The van der Waals surface area contributed by atoms with Gasteiger partial charge in [-0.1, -0.05) is 69.7 Å². The second-order valence-electron chi connectivity index (χ2n) is 13.4. The monoisotopic (exact) mass is 538 g/mol. The van der Waals surface area contributed by atoms with Crippen molar-refractivity contribution >= 4 is 5.97 Å². The molecule has 4 heteroatoms. The molecule has 3 aromatic rings. The van der Waals surface area contributed by atoms with Crippen LogP contribution >= 0.6 is 0 Å². The van der Waals surface area contributed by atoms with Gasteiger partial charge in [0.2, 0.25) is 0 Å². The van der Waals surface area contributed by atoms with Gasteiger partial charge in [-0.3, -0.25) is 4.79 Å². The highest BCUT2D eigenvalue weighted by Crippen LogP contribution is 2.57. The number of rotatable bonds is 11. The van der Waals surface area contributed by atoms with Crippen molar-refractivity contribution in [2.24, 2.45) is 10.8 Å². The highest BCUT2D eigenvalue weighted by molar-refractivity contribution is 5.70. The quantitative estimate of drug-likeness (QED) is 0.264. The first-order valence-electron chi connectivity index (χ1n) is 15.0. The maximum Gasteiger partial charge on any atom is 0.303 e. The van der Waals surface area contributed by atoms with E-state index in [0.29, 0.717) is 18.6 Å². The average Bonchev–Trinajstić information content (AvgIpc) is 3.86. The first-order valence-corrected chi connectivity index (χ1v) is 15.0. The molecular formula is C36H42O4. The fourth-order valence-corrected chi connectivity index (χ4v) is 6.75. The van der Waals surface area contributed by atoms with Crippen LogP contribution in [-0.4, -0.2) is 17.2 Å². The van der Waals surface area contributed by atoms with Crippen LogP contribution < -0.4 is 9.47 Å². The second-order valence-corrected chi connectivity index (χ2v) is 13.4. The van der Waals surface area contributed by atoms with Gasteiger partial charge < -0.3 is 14.6 Å². The number of aliphatic carboxylic acids is 1. The van der Waals surface area contributed by atoms with Crippen LogP contribution in [-0.2, 0) is 11.4 Å². The predicted molar refractivity (Wildman–Crippen MR) is 159 cm³/mol. The maximum atomic E-state index is 11.6. The van der Waals surface area contributed by atoms with Crippen molar-refractivity contribution in [1.29, 1.82) is 0 Å². The lowest BCUT2D eigenvalue weighted by molar-refractivity contribution is -0.137. The molecule has 0 radical (unpaired) electrons. The van der Waals surface area contributed by atoms with Crippen LogP contribution in [0.5, 0.6) is 11.5 Å². The Morgan fingerprint density at radius 1 is 0.925 bits per heavy atom. The number of carboxylic acids is 1. The third kappa shape index (κ3) is 5.92. The standard InChI is InChI=1S/C36H42O4/c1-35(2)16-6-11-32(35)31-19-24(12-15-30(31)25-7-4-10-29(20-25)40-27-13-14-27)23-39-28-9-5-8-26(21-28)33(22-34(37)38)36(3)17-18-36/h4-5,7-10,12,15,19-21,27,32-33H,6,11,13-14,16-18,22-23H2,1-3H3,(H,37,38)/t32-,33-/m0/s1. The summed E-state index contributed by atoms with van der Waals surface area (Å²) in [5.41, 5.74) is 6.48. The average molecular weight is 539 g/mol. The highest BCUT2D eigenvalue weighted by atomic mass is 16.5. The molecule has 3 fully saturated rings. The Bertz CT molecular complexity index is 1380. The van der Waals surface area contributed by atoms with E-state index in [-0.39, 0.29) is 23.2 Å². The lowest BCUT2D eigenvalue weighted by Crippen LogP contribution is -2.16. The molecule has 3 aliphatic carbocycles. The van der Waals surface area contributed by atoms with E-state index in [9.17, 15) is 9.90 Å². The largest absolute Gasteiger partial charge is 0.490 e. The van der Waals surface area contributed by atoms with E-state index in [1.54, 1.807) is 0 Å². The van der Waals surface area contributed by atoms with Gasteiger partial charge in [0.05, 0.1) is 12.5 Å². The number of carboxylic acid groups (broad SMARTS) is 1. The van der Waals surface area contributed by atoms with Gasteiger partial charge in [0, 0.05) is 0 Å². The first-order chi connectivity index (χ1) is 19.2. The van der Waals surface area contributed by atoms with Crippen molar-refractivity contribution in [3.63, 3.8) is 0 Å². The summed E-state index contributed by atoms with van der Waals surface area (Å²) in [6.45, 7) is 7.50. The summed E-state index contributed by atoms with van der Waals surface area (Å²) < 4.78 is 12.5. The van der Waals surface area contributed by atoms with E-state index in [1.165, 1.54) is 36.0 Å². The normalized spacial score (nSPS) is 21.5. The molecule has 3 saturated carbocycles. The number of hydrogen-bond donors (Lipinski definition) is 1. The van der Waals surface area contributed by atoms with Crippen molar-refractivity contribution in [2.45, 2.75) is 96.7 Å². The summed E-state index contributed by atoms with van der Waals surface area (Å²) in [7, 11) is 0. The zero-order chi connectivity index (χ0) is 27.9. The molecule has 3 aliphatic rings. The fourth-order valence-electron chi connectivity index (χ4n) is 6.75. The summed E-state index contributed by atoms with van der Waals surface area (Å²) in [5, 5.41) is 9.53. The maximum absolute atomic E-state index is 11.6. The molecule has 0 bridgehead atoms. The molecule has 4 nitrogen and oxygen atoms in total. The van der Waals surface area contributed by atoms with Crippen LogP contribution in [0, 0.1) is 10.8 Å². The van der Waals surface area contributed by atoms with E-state index in [4.69, 9.17) is 9.47 Å². The van der Waals surface area contributed by atoms with Gasteiger partial charge in [-0.25, -0.2) is 0 Å².